The van der Waals surface area contributed by atoms with E-state index in [1.165, 1.54) is 38.3 Å². The second-order valence-corrected chi connectivity index (χ2v) is 10.9. The third-order valence-electron chi connectivity index (χ3n) is 7.37. The van der Waals surface area contributed by atoms with Crippen molar-refractivity contribution in [3.8, 4) is 5.69 Å². The molecule has 38 heavy (non-hydrogen) atoms. The van der Waals surface area contributed by atoms with Gasteiger partial charge in [-0.2, -0.15) is 0 Å². The lowest BCUT2D eigenvalue weighted by atomic mass is 10.1. The van der Waals surface area contributed by atoms with E-state index in [0.717, 1.165) is 44.5 Å². The molecule has 1 N–H and O–H groups in total. The highest BCUT2D eigenvalue weighted by molar-refractivity contribution is 9.10. The average molecular weight is 580 g/mol. The summed E-state index contributed by atoms with van der Waals surface area (Å²) in [5.74, 6) is -0.543. The zero-order valence-corrected chi connectivity index (χ0v) is 22.5. The van der Waals surface area contributed by atoms with E-state index in [-0.39, 0.29) is 28.5 Å². The largest absolute Gasteiger partial charge is 0.371 e. The third kappa shape index (κ3) is 4.26. The lowest BCUT2D eigenvalue weighted by molar-refractivity contribution is 0.577. The van der Waals surface area contributed by atoms with E-state index in [4.69, 9.17) is 0 Å². The van der Waals surface area contributed by atoms with Gasteiger partial charge in [-0.25, -0.2) is 13.8 Å². The van der Waals surface area contributed by atoms with Crippen LogP contribution in [0, 0.1) is 5.82 Å². The summed E-state index contributed by atoms with van der Waals surface area (Å²) >= 11 is 3.25. The molecule has 1 saturated heterocycles. The van der Waals surface area contributed by atoms with Gasteiger partial charge in [-0.05, 0) is 68.5 Å². The molecule has 0 atom stereocenters. The van der Waals surface area contributed by atoms with Gasteiger partial charge >= 0.3 is 5.69 Å². The maximum atomic E-state index is 14.7. The number of piperidine rings is 1. The van der Waals surface area contributed by atoms with Gasteiger partial charge in [0, 0.05) is 42.4 Å². The quantitative estimate of drug-likeness (QED) is 0.366. The Balaban J connectivity index is 1.64. The zero-order valence-electron chi connectivity index (χ0n) is 20.9. The SMILES string of the molecule is Cn1c(=O)cc(Nc2ccc(Br)cc2F)c2c(=O)n(C3CC3)c(=O)n(-c3cccc(N4CCCCC4)c3)c21. The van der Waals surface area contributed by atoms with Gasteiger partial charge in [0.25, 0.3) is 11.1 Å². The van der Waals surface area contributed by atoms with Gasteiger partial charge in [-0.15, -0.1) is 0 Å². The fraction of sp³-hybridized carbons (Fsp3) is 0.321. The van der Waals surface area contributed by atoms with E-state index in [1.807, 2.05) is 24.3 Å². The molecule has 8 nitrogen and oxygen atoms in total. The topological polar surface area (TPSA) is 81.3 Å². The van der Waals surface area contributed by atoms with E-state index < -0.39 is 22.6 Å². The molecular weight excluding hydrogens is 553 g/mol. The van der Waals surface area contributed by atoms with Gasteiger partial charge in [-0.3, -0.25) is 18.7 Å². The van der Waals surface area contributed by atoms with Crippen LogP contribution in [0.4, 0.5) is 21.5 Å². The lowest BCUT2D eigenvalue weighted by Crippen LogP contribution is -2.41. The van der Waals surface area contributed by atoms with E-state index in [2.05, 4.69) is 26.1 Å². The highest BCUT2D eigenvalue weighted by atomic mass is 79.9. The molecule has 1 saturated carbocycles. The van der Waals surface area contributed by atoms with Crippen LogP contribution >= 0.6 is 15.9 Å². The van der Waals surface area contributed by atoms with E-state index >= 15 is 0 Å². The Hall–Kier alpha value is -3.66. The molecule has 2 aromatic carbocycles. The normalized spacial score (nSPS) is 15.7. The summed E-state index contributed by atoms with van der Waals surface area (Å²) < 4.78 is 19.4. The van der Waals surface area contributed by atoms with E-state index in [0.29, 0.717) is 10.2 Å². The lowest BCUT2D eigenvalue weighted by Gasteiger charge is -2.29. The standard InChI is InChI=1S/C28H27BrFN5O3/c1-32-24(36)16-23(31-22-11-8-17(29)14-21(22)30)25-26(32)34(28(38)35(27(25)37)18-9-10-18)20-7-5-6-19(15-20)33-12-3-2-4-13-33/h5-8,11,14-16,18,31H,2-4,9-10,12-13H2,1H3. The summed E-state index contributed by atoms with van der Waals surface area (Å²) in [4.78, 5) is 43.2. The van der Waals surface area contributed by atoms with E-state index in [1.54, 1.807) is 13.1 Å². The Kier molecular flexibility index (Phi) is 6.22. The molecule has 6 rings (SSSR count). The maximum absolute atomic E-state index is 14.7. The summed E-state index contributed by atoms with van der Waals surface area (Å²) in [6.45, 7) is 1.87. The van der Waals surface area contributed by atoms with Crippen molar-refractivity contribution >= 4 is 44.0 Å². The first-order chi connectivity index (χ1) is 18.3. The monoisotopic (exact) mass is 579 g/mol. The van der Waals surface area contributed by atoms with Crippen LogP contribution in [-0.4, -0.2) is 26.8 Å². The van der Waals surface area contributed by atoms with Crippen molar-refractivity contribution in [2.75, 3.05) is 23.3 Å². The van der Waals surface area contributed by atoms with Crippen LogP contribution in [0.5, 0.6) is 0 Å². The summed E-state index contributed by atoms with van der Waals surface area (Å²) in [7, 11) is 1.54. The molecular formula is C28H27BrFN5O3. The Morgan fingerprint density at radius 3 is 2.37 bits per heavy atom. The fourth-order valence-corrected chi connectivity index (χ4v) is 5.60. The van der Waals surface area contributed by atoms with Crippen LogP contribution < -0.4 is 27.0 Å². The van der Waals surface area contributed by atoms with Crippen molar-refractivity contribution in [2.45, 2.75) is 38.1 Å². The van der Waals surface area contributed by atoms with Gasteiger partial charge in [0.05, 0.1) is 17.1 Å². The van der Waals surface area contributed by atoms with Crippen LogP contribution in [0.25, 0.3) is 16.7 Å². The summed E-state index contributed by atoms with van der Waals surface area (Å²) in [6, 6.07) is 13.2. The minimum Gasteiger partial charge on any atom is -0.371 e. The molecule has 3 heterocycles. The predicted molar refractivity (Wildman–Crippen MR) is 151 cm³/mol. The number of hydrogen-bond acceptors (Lipinski definition) is 5. The van der Waals surface area contributed by atoms with Crippen molar-refractivity contribution < 1.29 is 4.39 Å². The van der Waals surface area contributed by atoms with Crippen LogP contribution in [0.3, 0.4) is 0 Å². The molecule has 1 aliphatic heterocycles. The molecule has 2 aliphatic rings. The number of anilines is 3. The van der Waals surface area contributed by atoms with Crippen LogP contribution in [-0.2, 0) is 7.05 Å². The number of hydrogen-bond donors (Lipinski definition) is 1. The first-order valence-corrected chi connectivity index (χ1v) is 13.6. The van der Waals surface area contributed by atoms with Gasteiger partial charge in [0.2, 0.25) is 0 Å². The Labute approximate surface area is 226 Å². The number of aromatic nitrogens is 3. The number of halogens is 2. The van der Waals surface area contributed by atoms with Gasteiger partial charge in [0.1, 0.15) is 16.9 Å². The molecule has 0 bridgehead atoms. The number of pyridine rings is 1. The summed E-state index contributed by atoms with van der Waals surface area (Å²) in [6.07, 6.45) is 4.86. The number of nitrogens with one attached hydrogen (secondary N) is 1. The summed E-state index contributed by atoms with van der Waals surface area (Å²) in [5.41, 5.74) is 0.590. The number of benzene rings is 2. The molecule has 1 aliphatic carbocycles. The Morgan fingerprint density at radius 1 is 0.921 bits per heavy atom. The van der Waals surface area contributed by atoms with Crippen molar-refractivity contribution in [1.82, 2.24) is 13.7 Å². The third-order valence-corrected chi connectivity index (χ3v) is 7.87. The number of nitrogens with zero attached hydrogens (tertiary/aromatic N) is 4. The second kappa shape index (κ2) is 9.58. The maximum Gasteiger partial charge on any atom is 0.337 e. The number of rotatable bonds is 5. The number of fused-ring (bicyclic) bond motifs is 1. The first kappa shape index (κ1) is 24.7. The van der Waals surface area contributed by atoms with Crippen LogP contribution in [0.15, 0.2) is 67.4 Å². The van der Waals surface area contributed by atoms with E-state index in [9.17, 15) is 18.8 Å². The van der Waals surface area contributed by atoms with Crippen molar-refractivity contribution in [3.05, 3.63) is 90.0 Å². The average Bonchev–Trinajstić information content (AvgIpc) is 3.74. The van der Waals surface area contributed by atoms with Crippen LogP contribution in [0.1, 0.15) is 38.1 Å². The summed E-state index contributed by atoms with van der Waals surface area (Å²) in [5, 5.41) is 3.11. The molecule has 0 spiro atoms. The Bertz CT molecular complexity index is 1750. The first-order valence-electron chi connectivity index (χ1n) is 12.8. The van der Waals surface area contributed by atoms with Crippen molar-refractivity contribution in [3.63, 3.8) is 0 Å². The predicted octanol–water partition coefficient (Wildman–Crippen LogP) is 4.82. The van der Waals surface area contributed by atoms with Crippen molar-refractivity contribution in [1.29, 1.82) is 0 Å². The molecule has 196 valence electrons. The molecule has 0 radical (unpaired) electrons. The molecule has 0 amide bonds. The van der Waals surface area contributed by atoms with Crippen LogP contribution in [0.2, 0.25) is 0 Å². The van der Waals surface area contributed by atoms with Gasteiger partial charge < -0.3 is 10.2 Å². The Morgan fingerprint density at radius 2 is 1.66 bits per heavy atom. The van der Waals surface area contributed by atoms with Gasteiger partial charge in [-0.1, -0.05) is 22.0 Å². The minimum atomic E-state index is -0.543. The zero-order chi connectivity index (χ0) is 26.6. The molecule has 2 fully saturated rings. The highest BCUT2D eigenvalue weighted by Crippen LogP contribution is 2.34. The van der Waals surface area contributed by atoms with Gasteiger partial charge in [0.15, 0.2) is 0 Å². The molecule has 4 aromatic rings. The smallest absolute Gasteiger partial charge is 0.337 e. The number of aryl methyl sites for hydroxylation is 1. The minimum absolute atomic E-state index is 0.116. The second-order valence-electron chi connectivity index (χ2n) is 9.99. The molecule has 2 aromatic heterocycles. The highest BCUT2D eigenvalue weighted by Gasteiger charge is 2.31. The van der Waals surface area contributed by atoms with Crippen molar-refractivity contribution in [2.24, 2.45) is 7.05 Å². The fourth-order valence-electron chi connectivity index (χ4n) is 5.27. The molecule has 0 unspecified atom stereocenters. The molecule has 10 heteroatoms.